The van der Waals surface area contributed by atoms with Gasteiger partial charge in [-0.3, -0.25) is 0 Å². The summed E-state index contributed by atoms with van der Waals surface area (Å²) in [4.78, 5) is 28.6. The van der Waals surface area contributed by atoms with Crippen molar-refractivity contribution >= 4 is 56.6 Å². The summed E-state index contributed by atoms with van der Waals surface area (Å²) in [6.45, 7) is 12.7. The Hall–Kier alpha value is -2.25. The van der Waals surface area contributed by atoms with E-state index in [0.29, 0.717) is 63.3 Å². The van der Waals surface area contributed by atoms with E-state index in [2.05, 4.69) is 39.4 Å². The number of benzene rings is 1. The normalized spacial score (nSPS) is 19.9. The number of fused-ring (bicyclic) bond motifs is 1. The maximum atomic E-state index is 13.3. The molecule has 1 aromatic heterocycles. The molecule has 3 fully saturated rings. The molecule has 1 amide bonds. The number of hydrogen-bond acceptors (Lipinski definition) is 8. The molecule has 1 aromatic carbocycles. The third-order valence-corrected chi connectivity index (χ3v) is 10.3. The molecule has 0 radical (unpaired) electrons. The average Bonchev–Trinajstić information content (AvgIpc) is 2.90. The molecule has 0 atom stereocenters. The molecule has 1 spiro atoms. The summed E-state index contributed by atoms with van der Waals surface area (Å²) in [5.41, 5.74) is 0.439. The van der Waals surface area contributed by atoms with Crippen molar-refractivity contribution in [2.45, 2.75) is 68.6 Å². The van der Waals surface area contributed by atoms with Crippen LogP contribution in [-0.2, 0) is 4.74 Å². The average molecular weight is 687 g/mol. The van der Waals surface area contributed by atoms with Crippen molar-refractivity contribution in [1.29, 1.82) is 0 Å². The fourth-order valence-corrected chi connectivity index (χ4v) is 7.51. The molecule has 0 bridgehead atoms. The van der Waals surface area contributed by atoms with Crippen LogP contribution in [-0.4, -0.2) is 95.8 Å². The molecule has 3 aliphatic rings. The number of alkyl halides is 3. The number of nitrogens with zero attached hydrogens (tertiary/aromatic N) is 5. The number of hydrogen-bond donors (Lipinski definition) is 0. The minimum atomic E-state index is -4.51. The molecule has 8 nitrogen and oxygen atoms in total. The summed E-state index contributed by atoms with van der Waals surface area (Å²) in [7, 11) is 2.10. The van der Waals surface area contributed by atoms with Gasteiger partial charge in [0.1, 0.15) is 16.9 Å². The van der Waals surface area contributed by atoms with Gasteiger partial charge in [0.15, 0.2) is 17.5 Å². The Morgan fingerprint density at radius 3 is 2.40 bits per heavy atom. The lowest BCUT2D eigenvalue weighted by Crippen LogP contribution is -2.62. The number of carbonyl (C=O) groups excluding carboxylic acids is 1. The predicted molar refractivity (Wildman–Crippen MR) is 167 cm³/mol. The van der Waals surface area contributed by atoms with Gasteiger partial charge in [0.05, 0.1) is 4.47 Å². The highest BCUT2D eigenvalue weighted by Gasteiger charge is 2.48. The Balaban J connectivity index is 1.44. The van der Waals surface area contributed by atoms with Gasteiger partial charge >= 0.3 is 12.3 Å². The maximum absolute atomic E-state index is 13.3. The number of rotatable bonds is 6. The van der Waals surface area contributed by atoms with E-state index in [4.69, 9.17) is 19.4 Å². The number of ether oxygens (including phenoxy) is 2. The van der Waals surface area contributed by atoms with Gasteiger partial charge in [-0.1, -0.05) is 24.4 Å². The molecule has 13 heteroatoms. The fourth-order valence-electron chi connectivity index (χ4n) is 5.91. The second-order valence-corrected chi connectivity index (χ2v) is 14.9. The summed E-state index contributed by atoms with van der Waals surface area (Å²) in [6, 6.07) is 1.87. The Morgan fingerprint density at radius 1 is 1.16 bits per heavy atom. The third-order valence-electron chi connectivity index (χ3n) is 8.24. The Labute approximate surface area is 263 Å². The first-order valence-corrected chi connectivity index (χ1v) is 16.3. The predicted octanol–water partition coefficient (Wildman–Crippen LogP) is 7.00. The first-order valence-electron chi connectivity index (χ1n) is 14.6. The van der Waals surface area contributed by atoms with Crippen molar-refractivity contribution in [1.82, 2.24) is 19.8 Å². The van der Waals surface area contributed by atoms with Crippen molar-refractivity contribution in [3.05, 3.63) is 22.7 Å². The number of amides is 1. The standard InChI is InChI=1S/C30H39BrF3N5O3S/c1-6-19-15-21-23(24(22(19)31)41-18-30(32,33)34)35-26(43-20-7-11-37(5)12-8-20)36-25(21)38-13-9-29(10-14-38)16-39(17-29)27(40)42-28(2,3)4/h6,15,20H,1,7-14,16-18H2,2-5H3. The summed E-state index contributed by atoms with van der Waals surface area (Å²) in [5, 5.41) is 1.48. The highest BCUT2D eigenvalue weighted by Crippen LogP contribution is 2.45. The molecule has 3 aliphatic heterocycles. The minimum Gasteiger partial charge on any atom is -0.481 e. The van der Waals surface area contributed by atoms with Gasteiger partial charge in [-0.15, -0.1) is 0 Å². The SMILES string of the molecule is C=Cc1cc2c(N3CCC4(CC3)CN(C(=O)OC(C)(C)C)C4)nc(SC3CCN(C)CC3)nc2c(OCC(F)(F)F)c1Br. The number of likely N-dealkylation sites (tertiary alicyclic amines) is 2. The van der Waals surface area contributed by atoms with E-state index in [1.165, 1.54) is 0 Å². The van der Waals surface area contributed by atoms with Crippen molar-refractivity contribution in [2.24, 2.45) is 5.41 Å². The van der Waals surface area contributed by atoms with Crippen molar-refractivity contribution < 1.29 is 27.4 Å². The van der Waals surface area contributed by atoms with Crippen LogP contribution in [0.4, 0.5) is 23.8 Å². The maximum Gasteiger partial charge on any atom is 0.422 e. The molecule has 4 heterocycles. The molecule has 0 N–H and O–H groups in total. The molecule has 3 saturated heterocycles. The largest absolute Gasteiger partial charge is 0.481 e. The van der Waals surface area contributed by atoms with Gasteiger partial charge in [-0.25, -0.2) is 14.8 Å². The summed E-state index contributed by atoms with van der Waals surface area (Å²) < 4.78 is 51.1. The number of carbonyl (C=O) groups is 1. The lowest BCUT2D eigenvalue weighted by molar-refractivity contribution is -0.153. The first-order chi connectivity index (χ1) is 20.2. The zero-order chi connectivity index (χ0) is 31.2. The van der Waals surface area contributed by atoms with E-state index >= 15 is 0 Å². The minimum absolute atomic E-state index is 0.0260. The summed E-state index contributed by atoms with van der Waals surface area (Å²) >= 11 is 5.04. The molecule has 0 saturated carbocycles. The van der Waals surface area contributed by atoms with Crippen LogP contribution in [0.3, 0.4) is 0 Å². The molecule has 2 aromatic rings. The monoisotopic (exact) mass is 685 g/mol. The molecular formula is C30H39BrF3N5O3S. The van der Waals surface area contributed by atoms with Crippen LogP contribution < -0.4 is 9.64 Å². The lowest BCUT2D eigenvalue weighted by atomic mass is 9.72. The second kappa shape index (κ2) is 12.3. The Morgan fingerprint density at radius 2 is 1.81 bits per heavy atom. The molecular weight excluding hydrogens is 647 g/mol. The smallest absolute Gasteiger partial charge is 0.422 e. The molecule has 5 rings (SSSR count). The van der Waals surface area contributed by atoms with E-state index in [1.807, 2.05) is 26.8 Å². The topological polar surface area (TPSA) is 71.0 Å². The zero-order valence-electron chi connectivity index (χ0n) is 25.1. The number of halogens is 4. The van der Waals surface area contributed by atoms with Gasteiger partial charge in [0.25, 0.3) is 0 Å². The number of piperidine rings is 2. The quantitative estimate of drug-likeness (QED) is 0.301. The van der Waals surface area contributed by atoms with Gasteiger partial charge in [0.2, 0.25) is 0 Å². The highest BCUT2D eigenvalue weighted by atomic mass is 79.9. The van der Waals surface area contributed by atoms with E-state index < -0.39 is 18.4 Å². The molecule has 236 valence electrons. The van der Waals surface area contributed by atoms with Crippen LogP contribution in [0.25, 0.3) is 17.0 Å². The van der Waals surface area contributed by atoms with E-state index in [0.717, 1.165) is 38.8 Å². The van der Waals surface area contributed by atoms with Gasteiger partial charge in [0, 0.05) is 42.2 Å². The van der Waals surface area contributed by atoms with Crippen LogP contribution in [0.15, 0.2) is 22.3 Å². The van der Waals surface area contributed by atoms with Crippen molar-refractivity contribution in [2.75, 3.05) is 57.8 Å². The van der Waals surface area contributed by atoms with Gasteiger partial charge in [-0.2, -0.15) is 13.2 Å². The van der Waals surface area contributed by atoms with Crippen molar-refractivity contribution in [3.8, 4) is 5.75 Å². The molecule has 0 aliphatic carbocycles. The summed E-state index contributed by atoms with van der Waals surface area (Å²) in [6.07, 6.45) is 0.472. The number of anilines is 1. The lowest BCUT2D eigenvalue weighted by Gasteiger charge is -2.53. The summed E-state index contributed by atoms with van der Waals surface area (Å²) in [5.74, 6) is 0.727. The van der Waals surface area contributed by atoms with Crippen LogP contribution in [0.5, 0.6) is 5.75 Å². The molecule has 0 unspecified atom stereocenters. The van der Waals surface area contributed by atoms with Crippen LogP contribution in [0.2, 0.25) is 0 Å². The van der Waals surface area contributed by atoms with E-state index in [-0.39, 0.29) is 17.3 Å². The van der Waals surface area contributed by atoms with E-state index in [9.17, 15) is 18.0 Å². The highest BCUT2D eigenvalue weighted by molar-refractivity contribution is 9.10. The Bertz CT molecular complexity index is 1360. The third kappa shape index (κ3) is 7.53. The Kier molecular flexibility index (Phi) is 9.17. The van der Waals surface area contributed by atoms with Gasteiger partial charge in [-0.05, 0) is 94.2 Å². The zero-order valence-corrected chi connectivity index (χ0v) is 27.5. The van der Waals surface area contributed by atoms with Crippen LogP contribution in [0, 0.1) is 5.41 Å². The van der Waals surface area contributed by atoms with E-state index in [1.54, 1.807) is 22.7 Å². The second-order valence-electron chi connectivity index (χ2n) is 12.9. The van der Waals surface area contributed by atoms with Crippen LogP contribution in [0.1, 0.15) is 52.0 Å². The first kappa shape index (κ1) is 32.2. The van der Waals surface area contributed by atoms with Gasteiger partial charge < -0.3 is 24.2 Å². The molecule has 43 heavy (non-hydrogen) atoms. The number of thioether (sulfide) groups is 1. The van der Waals surface area contributed by atoms with Crippen molar-refractivity contribution in [3.63, 3.8) is 0 Å². The number of aromatic nitrogens is 2. The fraction of sp³-hybridized carbons (Fsp3) is 0.633. The van der Waals surface area contributed by atoms with Crippen LogP contribution >= 0.6 is 27.7 Å².